The highest BCUT2D eigenvalue weighted by Gasteiger charge is 2.28. The second-order valence-electron chi connectivity index (χ2n) is 9.42. The lowest BCUT2D eigenvalue weighted by molar-refractivity contribution is -0.143. The third-order valence-electron chi connectivity index (χ3n) is 6.34. The summed E-state index contributed by atoms with van der Waals surface area (Å²) in [7, 11) is 1.52. The molecule has 3 rings (SSSR count). The van der Waals surface area contributed by atoms with Crippen LogP contribution in [0.15, 0.2) is 24.3 Å². The lowest BCUT2D eigenvalue weighted by Gasteiger charge is -2.26. The molecule has 1 aromatic carbocycles. The van der Waals surface area contributed by atoms with Crippen LogP contribution in [0.4, 0.5) is 8.78 Å². The highest BCUT2D eigenvalue weighted by Crippen LogP contribution is 2.29. The number of hydrogen-bond acceptors (Lipinski definition) is 5. The first-order valence-corrected chi connectivity index (χ1v) is 12.3. The Morgan fingerprint density at radius 2 is 2.00 bits per heavy atom. The van der Waals surface area contributed by atoms with Crippen molar-refractivity contribution in [1.29, 1.82) is 0 Å². The molecular weight excluding hydrogens is 508 g/mol. The van der Waals surface area contributed by atoms with Crippen molar-refractivity contribution in [3.63, 3.8) is 0 Å². The van der Waals surface area contributed by atoms with Crippen LogP contribution in [0, 0.1) is 23.7 Å². The fourth-order valence-electron chi connectivity index (χ4n) is 4.08. The predicted octanol–water partition coefficient (Wildman–Crippen LogP) is 4.58. The average Bonchev–Trinajstić information content (AvgIpc) is 3.16. The molecule has 0 unspecified atom stereocenters. The number of rotatable bonds is 9. The van der Waals surface area contributed by atoms with Gasteiger partial charge in [0.2, 0.25) is 5.28 Å². The first kappa shape index (κ1) is 28.4. The molecule has 1 amide bonds. The summed E-state index contributed by atoms with van der Waals surface area (Å²) in [6.07, 6.45) is 2.53. The number of nitrogens with one attached hydrogen (secondary N) is 1. The molecule has 1 aromatic heterocycles. The maximum absolute atomic E-state index is 13.4. The first-order valence-electron chi connectivity index (χ1n) is 11.9. The molecule has 2 aromatic rings. The number of nitrogens with zero attached hydrogens (tertiary/aromatic N) is 2. The summed E-state index contributed by atoms with van der Waals surface area (Å²) < 4.78 is 36.6. The molecule has 0 aliphatic heterocycles. The molecule has 8 nitrogen and oxygen atoms in total. The lowest BCUT2D eigenvalue weighted by atomic mass is 9.82. The van der Waals surface area contributed by atoms with Crippen LogP contribution in [-0.2, 0) is 16.1 Å². The zero-order chi connectivity index (χ0) is 27.2. The van der Waals surface area contributed by atoms with Gasteiger partial charge in [-0.1, -0.05) is 18.1 Å². The first-order chi connectivity index (χ1) is 17.5. The average molecular weight is 538 g/mol. The molecule has 2 N–H and O–H groups in total. The van der Waals surface area contributed by atoms with Gasteiger partial charge in [0.05, 0.1) is 12.5 Å². The fraction of sp³-hybridized carbons (Fsp3) is 0.500. The van der Waals surface area contributed by atoms with Crippen molar-refractivity contribution in [3.8, 4) is 17.6 Å². The van der Waals surface area contributed by atoms with Crippen molar-refractivity contribution in [2.45, 2.75) is 58.3 Å². The van der Waals surface area contributed by atoms with Gasteiger partial charge in [0.1, 0.15) is 22.7 Å². The predicted molar refractivity (Wildman–Crippen MR) is 133 cm³/mol. The Hall–Kier alpha value is -3.16. The van der Waals surface area contributed by atoms with E-state index in [-0.39, 0.29) is 40.8 Å². The van der Waals surface area contributed by atoms with Crippen LogP contribution in [0.5, 0.6) is 5.75 Å². The molecule has 0 atom stereocenters. The molecule has 200 valence electrons. The molecule has 0 spiro atoms. The van der Waals surface area contributed by atoms with Gasteiger partial charge < -0.3 is 24.5 Å². The van der Waals surface area contributed by atoms with Gasteiger partial charge in [0, 0.05) is 13.7 Å². The van der Waals surface area contributed by atoms with E-state index >= 15 is 0 Å². The Labute approximate surface area is 219 Å². The number of carbonyl (C=O) groups is 2. The van der Waals surface area contributed by atoms with Gasteiger partial charge in [-0.25, -0.2) is 4.98 Å². The van der Waals surface area contributed by atoms with E-state index in [0.717, 1.165) is 0 Å². The third-order valence-corrected chi connectivity index (χ3v) is 6.63. The standard InChI is InChI=1S/C26H30ClF2N3O5/c1-26(2,36-3)12-11-20-21(22(33)30-14-16-7-9-18(10-8-16)23(34)35)32(24(27)31-20)15-17-5-4-6-19(13-17)37-25(28)29/h4-6,13,16,18,25H,7-10,14-15H2,1-3H3,(H,30,33)(H,34,35)/t16-,18-. The molecular formula is C26H30ClF2N3O5. The smallest absolute Gasteiger partial charge is 0.387 e. The highest BCUT2D eigenvalue weighted by molar-refractivity contribution is 6.29. The van der Waals surface area contributed by atoms with Gasteiger partial charge in [-0.3, -0.25) is 9.59 Å². The van der Waals surface area contributed by atoms with Crippen LogP contribution in [0.1, 0.15) is 61.3 Å². The maximum atomic E-state index is 13.4. The molecule has 0 bridgehead atoms. The van der Waals surface area contributed by atoms with E-state index in [4.69, 9.17) is 16.3 Å². The number of alkyl halides is 2. The topological polar surface area (TPSA) is 103 Å². The number of benzene rings is 1. The SMILES string of the molecule is COC(C)(C)C#Cc1nc(Cl)n(Cc2cccc(OC(F)F)c2)c1C(=O)NC[C@H]1CC[C@H](C(=O)O)CC1. The second-order valence-corrected chi connectivity index (χ2v) is 9.76. The van der Waals surface area contributed by atoms with Crippen molar-refractivity contribution in [1.82, 2.24) is 14.9 Å². The van der Waals surface area contributed by atoms with Gasteiger partial charge in [-0.15, -0.1) is 0 Å². The molecule has 1 saturated carbocycles. The van der Waals surface area contributed by atoms with Crippen molar-refractivity contribution < 1.29 is 33.0 Å². The molecule has 1 aliphatic rings. The molecule has 0 saturated heterocycles. The second kappa shape index (κ2) is 12.4. The summed E-state index contributed by atoms with van der Waals surface area (Å²) in [5.74, 6) is 4.37. The zero-order valence-electron chi connectivity index (χ0n) is 20.9. The van der Waals surface area contributed by atoms with Crippen LogP contribution in [0.2, 0.25) is 5.28 Å². The number of imidazole rings is 1. The fourth-order valence-corrected chi connectivity index (χ4v) is 4.31. The Kier molecular flexibility index (Phi) is 9.51. The number of carboxylic acid groups (broad SMARTS) is 1. The van der Waals surface area contributed by atoms with E-state index in [0.29, 0.717) is 37.8 Å². The summed E-state index contributed by atoms with van der Waals surface area (Å²) in [5.41, 5.74) is 0.0505. The number of ether oxygens (including phenoxy) is 2. The normalized spacial score (nSPS) is 17.7. The molecule has 0 radical (unpaired) electrons. The van der Waals surface area contributed by atoms with Gasteiger partial charge in [-0.2, -0.15) is 8.78 Å². The Bertz CT molecular complexity index is 1180. The number of carboxylic acids is 1. The monoisotopic (exact) mass is 537 g/mol. The van der Waals surface area contributed by atoms with E-state index < -0.39 is 24.1 Å². The van der Waals surface area contributed by atoms with E-state index in [2.05, 4.69) is 26.9 Å². The Morgan fingerprint density at radius 3 is 2.62 bits per heavy atom. The maximum Gasteiger partial charge on any atom is 0.387 e. The van der Waals surface area contributed by atoms with Gasteiger partial charge in [-0.05, 0) is 80.7 Å². The minimum atomic E-state index is -2.97. The molecule has 1 aliphatic carbocycles. The Balaban J connectivity index is 1.86. The van der Waals surface area contributed by atoms with Crippen molar-refractivity contribution in [3.05, 3.63) is 46.5 Å². The van der Waals surface area contributed by atoms with Crippen molar-refractivity contribution in [2.24, 2.45) is 11.8 Å². The minimum Gasteiger partial charge on any atom is -0.481 e. The van der Waals surface area contributed by atoms with Crippen molar-refractivity contribution >= 4 is 23.5 Å². The molecule has 1 fully saturated rings. The van der Waals surface area contributed by atoms with Gasteiger partial charge in [0.15, 0.2) is 0 Å². The summed E-state index contributed by atoms with van der Waals surface area (Å²) in [6.45, 7) is 0.988. The third kappa shape index (κ3) is 7.91. The number of aliphatic carboxylic acids is 1. The van der Waals surface area contributed by atoms with Crippen LogP contribution in [0.3, 0.4) is 0 Å². The van der Waals surface area contributed by atoms with Crippen LogP contribution in [0.25, 0.3) is 0 Å². The molecule has 37 heavy (non-hydrogen) atoms. The number of halogens is 3. The van der Waals surface area contributed by atoms with Crippen LogP contribution < -0.4 is 10.1 Å². The molecule has 1 heterocycles. The minimum absolute atomic E-state index is 0.00632. The number of methoxy groups -OCH3 is 1. The quantitative estimate of drug-likeness (QED) is 0.454. The van der Waals surface area contributed by atoms with E-state index in [1.54, 1.807) is 26.0 Å². The lowest BCUT2D eigenvalue weighted by Crippen LogP contribution is -2.34. The van der Waals surface area contributed by atoms with E-state index in [9.17, 15) is 23.5 Å². The summed E-state index contributed by atoms with van der Waals surface area (Å²) in [5, 5.41) is 12.1. The number of aromatic nitrogens is 2. The highest BCUT2D eigenvalue weighted by atomic mass is 35.5. The van der Waals surface area contributed by atoms with Crippen molar-refractivity contribution in [2.75, 3.05) is 13.7 Å². The number of amides is 1. The van der Waals surface area contributed by atoms with Crippen LogP contribution >= 0.6 is 11.6 Å². The summed E-state index contributed by atoms with van der Waals surface area (Å²) in [4.78, 5) is 28.9. The summed E-state index contributed by atoms with van der Waals surface area (Å²) >= 11 is 6.41. The summed E-state index contributed by atoms with van der Waals surface area (Å²) in [6, 6.07) is 6.09. The Morgan fingerprint density at radius 1 is 1.30 bits per heavy atom. The van der Waals surface area contributed by atoms with E-state index in [1.807, 2.05) is 0 Å². The van der Waals surface area contributed by atoms with Gasteiger partial charge in [0.25, 0.3) is 5.91 Å². The van der Waals surface area contributed by atoms with Crippen LogP contribution in [-0.4, -0.2) is 52.4 Å². The number of carbonyl (C=O) groups excluding carboxylic acids is 1. The molecule has 11 heteroatoms. The zero-order valence-corrected chi connectivity index (χ0v) is 21.6. The number of hydrogen-bond donors (Lipinski definition) is 2. The largest absolute Gasteiger partial charge is 0.481 e. The van der Waals surface area contributed by atoms with E-state index in [1.165, 1.54) is 23.8 Å². The van der Waals surface area contributed by atoms with Gasteiger partial charge >= 0.3 is 12.6 Å².